The van der Waals surface area contributed by atoms with Crippen LogP contribution in [0.1, 0.15) is 47.8 Å². The second kappa shape index (κ2) is 7.72. The van der Waals surface area contributed by atoms with E-state index >= 15 is 0 Å². The molecule has 2 unspecified atom stereocenters. The Hall–Kier alpha value is -2.34. The molecule has 1 aromatic heterocycles. The maximum Gasteiger partial charge on any atom is 0.338 e. The summed E-state index contributed by atoms with van der Waals surface area (Å²) in [6.45, 7) is 3.20. The van der Waals surface area contributed by atoms with Gasteiger partial charge in [0.25, 0.3) is 5.91 Å². The number of benzene rings is 1. The van der Waals surface area contributed by atoms with E-state index in [9.17, 15) is 9.59 Å². The highest BCUT2D eigenvalue weighted by Gasteiger charge is 2.21. The first-order chi connectivity index (χ1) is 13.1. The van der Waals surface area contributed by atoms with Crippen molar-refractivity contribution in [2.75, 3.05) is 19.8 Å². The highest BCUT2D eigenvalue weighted by Crippen LogP contribution is 2.32. The third kappa shape index (κ3) is 4.00. The lowest BCUT2D eigenvalue weighted by Gasteiger charge is -2.18. The van der Waals surface area contributed by atoms with Crippen LogP contribution in [0.15, 0.2) is 18.2 Å². The van der Waals surface area contributed by atoms with Crippen molar-refractivity contribution in [3.63, 3.8) is 0 Å². The number of carbonyl (C=O) groups is 2. The zero-order valence-electron chi connectivity index (χ0n) is 15.7. The van der Waals surface area contributed by atoms with Crippen LogP contribution in [0.2, 0.25) is 0 Å². The number of aromatic nitrogens is 1. The maximum atomic E-state index is 12.4. The third-order valence-electron chi connectivity index (χ3n) is 5.56. The number of rotatable bonds is 5. The summed E-state index contributed by atoms with van der Waals surface area (Å²) in [5.41, 5.74) is 4.13. The number of amides is 1. The summed E-state index contributed by atoms with van der Waals surface area (Å²) >= 11 is 0. The number of carbonyl (C=O) groups excluding carboxylic acids is 2. The molecule has 2 aliphatic rings. The van der Waals surface area contributed by atoms with E-state index in [1.165, 1.54) is 17.7 Å². The number of H-pyrrole nitrogens is 1. The third-order valence-corrected chi connectivity index (χ3v) is 5.56. The highest BCUT2D eigenvalue weighted by atomic mass is 16.5. The number of fused-ring (bicyclic) bond motifs is 3. The Morgan fingerprint density at radius 3 is 3.04 bits per heavy atom. The minimum absolute atomic E-state index is 0.0780. The highest BCUT2D eigenvalue weighted by molar-refractivity contribution is 5.97. The molecule has 0 bridgehead atoms. The quantitative estimate of drug-likeness (QED) is 0.793. The smallest absolute Gasteiger partial charge is 0.338 e. The Morgan fingerprint density at radius 2 is 2.22 bits per heavy atom. The molecular weight excluding hydrogens is 344 g/mol. The van der Waals surface area contributed by atoms with E-state index < -0.39 is 5.97 Å². The van der Waals surface area contributed by atoms with Gasteiger partial charge in [0, 0.05) is 29.7 Å². The van der Waals surface area contributed by atoms with Gasteiger partial charge in [-0.05, 0) is 61.8 Å². The maximum absolute atomic E-state index is 12.4. The van der Waals surface area contributed by atoms with Crippen molar-refractivity contribution < 1.29 is 19.1 Å². The Bertz CT molecular complexity index is 851. The van der Waals surface area contributed by atoms with Gasteiger partial charge < -0.3 is 19.8 Å². The molecule has 0 spiro atoms. The Morgan fingerprint density at radius 1 is 1.33 bits per heavy atom. The van der Waals surface area contributed by atoms with Crippen molar-refractivity contribution in [1.29, 1.82) is 0 Å². The molecule has 2 N–H and O–H groups in total. The van der Waals surface area contributed by atoms with Gasteiger partial charge in [-0.15, -0.1) is 0 Å². The SMILES string of the molecule is CC1CCc2[nH]c3ccc(C(=O)OCC(=O)NCC4CCCO4)cc3c2C1. The molecule has 2 atom stereocenters. The molecule has 6 nitrogen and oxygen atoms in total. The van der Waals surface area contributed by atoms with E-state index in [0.29, 0.717) is 18.0 Å². The number of esters is 1. The number of aromatic amines is 1. The van der Waals surface area contributed by atoms with Crippen LogP contribution in [0.4, 0.5) is 0 Å². The first kappa shape index (κ1) is 18.0. The van der Waals surface area contributed by atoms with Gasteiger partial charge in [0.05, 0.1) is 11.7 Å². The first-order valence-corrected chi connectivity index (χ1v) is 9.79. The van der Waals surface area contributed by atoms with Crippen molar-refractivity contribution in [2.24, 2.45) is 5.92 Å². The fourth-order valence-electron chi connectivity index (χ4n) is 4.02. The van der Waals surface area contributed by atoms with Gasteiger partial charge in [-0.25, -0.2) is 4.79 Å². The molecule has 0 radical (unpaired) electrons. The largest absolute Gasteiger partial charge is 0.452 e. The predicted octanol–water partition coefficient (Wildman–Crippen LogP) is 2.74. The van der Waals surface area contributed by atoms with Gasteiger partial charge >= 0.3 is 5.97 Å². The zero-order valence-corrected chi connectivity index (χ0v) is 15.7. The number of ether oxygens (including phenoxy) is 2. The lowest BCUT2D eigenvalue weighted by Crippen LogP contribution is -2.34. The fraction of sp³-hybridized carbons (Fsp3) is 0.524. The van der Waals surface area contributed by atoms with Crippen molar-refractivity contribution in [1.82, 2.24) is 10.3 Å². The molecule has 1 fully saturated rings. The van der Waals surface area contributed by atoms with E-state index in [-0.39, 0.29) is 18.6 Å². The standard InChI is InChI=1S/C21H26N2O4/c1-13-4-6-18-16(9-13)17-10-14(5-7-19(17)23-18)21(25)27-12-20(24)22-11-15-3-2-8-26-15/h5,7,10,13,15,23H,2-4,6,8-9,11-12H2,1H3,(H,22,24). The van der Waals surface area contributed by atoms with E-state index in [2.05, 4.69) is 17.2 Å². The minimum atomic E-state index is -0.469. The second-order valence-corrected chi connectivity index (χ2v) is 7.71. The van der Waals surface area contributed by atoms with Gasteiger partial charge in [0.2, 0.25) is 0 Å². The molecule has 2 aromatic rings. The molecular formula is C21H26N2O4. The Kier molecular flexibility index (Phi) is 5.16. The fourth-order valence-corrected chi connectivity index (χ4v) is 4.02. The summed E-state index contributed by atoms with van der Waals surface area (Å²) in [7, 11) is 0. The van der Waals surface area contributed by atoms with Crippen molar-refractivity contribution >= 4 is 22.8 Å². The Labute approximate surface area is 158 Å². The lowest BCUT2D eigenvalue weighted by atomic mass is 9.87. The molecule has 2 heterocycles. The molecule has 1 saturated heterocycles. The first-order valence-electron chi connectivity index (χ1n) is 9.79. The molecule has 6 heteroatoms. The average molecular weight is 370 g/mol. The number of hydrogen-bond donors (Lipinski definition) is 2. The average Bonchev–Trinajstić information content (AvgIpc) is 3.31. The second-order valence-electron chi connectivity index (χ2n) is 7.71. The predicted molar refractivity (Wildman–Crippen MR) is 102 cm³/mol. The van der Waals surface area contributed by atoms with Gasteiger partial charge in [0.1, 0.15) is 0 Å². The summed E-state index contributed by atoms with van der Waals surface area (Å²) < 4.78 is 10.7. The van der Waals surface area contributed by atoms with Crippen molar-refractivity contribution in [3.05, 3.63) is 35.0 Å². The monoisotopic (exact) mass is 370 g/mol. The minimum Gasteiger partial charge on any atom is -0.452 e. The van der Waals surface area contributed by atoms with E-state index in [1.807, 2.05) is 12.1 Å². The molecule has 0 saturated carbocycles. The molecule has 1 aromatic carbocycles. The van der Waals surface area contributed by atoms with Gasteiger partial charge in [-0.2, -0.15) is 0 Å². The number of aryl methyl sites for hydroxylation is 1. The summed E-state index contributed by atoms with van der Waals surface area (Å²) in [6, 6.07) is 5.56. The van der Waals surface area contributed by atoms with Crippen LogP contribution in [0.25, 0.3) is 10.9 Å². The van der Waals surface area contributed by atoms with Crippen LogP contribution in [0.3, 0.4) is 0 Å². The molecule has 144 valence electrons. The summed E-state index contributed by atoms with van der Waals surface area (Å²) in [4.78, 5) is 27.7. The summed E-state index contributed by atoms with van der Waals surface area (Å²) in [5, 5.41) is 3.85. The molecule has 1 aliphatic heterocycles. The lowest BCUT2D eigenvalue weighted by molar-refractivity contribution is -0.124. The van der Waals surface area contributed by atoms with Crippen LogP contribution >= 0.6 is 0 Å². The molecule has 1 aliphatic carbocycles. The zero-order chi connectivity index (χ0) is 18.8. The van der Waals surface area contributed by atoms with Crippen LogP contribution in [0.5, 0.6) is 0 Å². The number of hydrogen-bond acceptors (Lipinski definition) is 4. The molecule has 1 amide bonds. The summed E-state index contributed by atoms with van der Waals surface area (Å²) in [5.74, 6) is -0.115. The van der Waals surface area contributed by atoms with Crippen molar-refractivity contribution in [3.8, 4) is 0 Å². The van der Waals surface area contributed by atoms with Crippen molar-refractivity contribution in [2.45, 2.75) is 45.1 Å². The van der Waals surface area contributed by atoms with E-state index in [1.54, 1.807) is 6.07 Å². The van der Waals surface area contributed by atoms with Crippen LogP contribution in [-0.2, 0) is 27.1 Å². The number of nitrogens with one attached hydrogen (secondary N) is 2. The van der Waals surface area contributed by atoms with E-state index in [4.69, 9.17) is 9.47 Å². The van der Waals surface area contributed by atoms with Gasteiger partial charge in [-0.3, -0.25) is 4.79 Å². The molecule has 4 rings (SSSR count). The topological polar surface area (TPSA) is 80.4 Å². The normalized spacial score (nSPS) is 21.8. The van der Waals surface area contributed by atoms with Crippen LogP contribution in [-0.4, -0.2) is 42.7 Å². The van der Waals surface area contributed by atoms with Gasteiger partial charge in [-0.1, -0.05) is 6.92 Å². The van der Waals surface area contributed by atoms with E-state index in [0.717, 1.165) is 43.2 Å². The Balaban J connectivity index is 1.37. The van der Waals surface area contributed by atoms with Crippen LogP contribution < -0.4 is 5.32 Å². The van der Waals surface area contributed by atoms with Gasteiger partial charge in [0.15, 0.2) is 6.61 Å². The van der Waals surface area contributed by atoms with Crippen LogP contribution in [0, 0.1) is 5.92 Å². The molecule has 27 heavy (non-hydrogen) atoms. The summed E-state index contributed by atoms with van der Waals surface area (Å²) in [6.07, 6.45) is 5.33.